The third-order valence-corrected chi connectivity index (χ3v) is 3.11. The Bertz CT molecular complexity index is 600. The summed E-state index contributed by atoms with van der Waals surface area (Å²) in [5.74, 6) is -1.72. The monoisotopic (exact) mass is 299 g/mol. The van der Waals surface area contributed by atoms with Crippen LogP contribution in [-0.4, -0.2) is 17.8 Å². The Balaban J connectivity index is 2.36. The second kappa shape index (κ2) is 5.03. The first-order chi connectivity index (χ1) is 8.91. The molecule has 0 spiro atoms. The Labute approximate surface area is 118 Å². The van der Waals surface area contributed by atoms with Crippen molar-refractivity contribution in [2.75, 3.05) is 4.90 Å². The van der Waals surface area contributed by atoms with Crippen LogP contribution in [-0.2, 0) is 14.4 Å². The lowest BCUT2D eigenvalue weighted by Crippen LogP contribution is -2.30. The summed E-state index contributed by atoms with van der Waals surface area (Å²) >= 11 is 11.3. The molecule has 1 heterocycles. The standard InChI is InChI=1S/C12H7Cl2NO4/c1-6(16)19-8-4-2-3-7(5-8)15-11(17)9(13)10(14)12(15)18/h2-5H,1H3. The van der Waals surface area contributed by atoms with Crippen molar-refractivity contribution in [2.24, 2.45) is 0 Å². The molecule has 0 bridgehead atoms. The summed E-state index contributed by atoms with van der Waals surface area (Å²) in [6, 6.07) is 5.93. The molecule has 19 heavy (non-hydrogen) atoms. The van der Waals surface area contributed by atoms with Crippen LogP contribution in [0.1, 0.15) is 6.92 Å². The number of ether oxygens (including phenoxy) is 1. The lowest BCUT2D eigenvalue weighted by Gasteiger charge is -2.14. The molecule has 0 unspecified atom stereocenters. The highest BCUT2D eigenvalue weighted by Gasteiger charge is 2.37. The second-order valence-corrected chi connectivity index (χ2v) is 4.42. The molecule has 0 atom stereocenters. The number of nitrogens with zero attached hydrogens (tertiary/aromatic N) is 1. The van der Waals surface area contributed by atoms with E-state index < -0.39 is 17.8 Å². The van der Waals surface area contributed by atoms with Gasteiger partial charge in [-0.3, -0.25) is 14.4 Å². The lowest BCUT2D eigenvalue weighted by molar-refractivity contribution is -0.131. The highest BCUT2D eigenvalue weighted by atomic mass is 35.5. The Morgan fingerprint density at radius 1 is 1.16 bits per heavy atom. The van der Waals surface area contributed by atoms with Gasteiger partial charge in [0.25, 0.3) is 11.8 Å². The van der Waals surface area contributed by atoms with Gasteiger partial charge in [0.1, 0.15) is 15.8 Å². The molecular formula is C12H7Cl2NO4. The maximum Gasteiger partial charge on any atom is 0.308 e. The van der Waals surface area contributed by atoms with E-state index in [4.69, 9.17) is 27.9 Å². The predicted octanol–water partition coefficient (Wildman–Crippen LogP) is 2.17. The van der Waals surface area contributed by atoms with Gasteiger partial charge in [-0.25, -0.2) is 4.90 Å². The Hall–Kier alpha value is -1.85. The predicted molar refractivity (Wildman–Crippen MR) is 69.0 cm³/mol. The molecule has 0 aromatic heterocycles. The number of esters is 1. The third-order valence-electron chi connectivity index (χ3n) is 2.31. The third kappa shape index (κ3) is 2.47. The number of carbonyl (C=O) groups excluding carboxylic acids is 3. The van der Waals surface area contributed by atoms with Crippen molar-refractivity contribution in [1.82, 2.24) is 0 Å². The van der Waals surface area contributed by atoms with Crippen molar-refractivity contribution in [1.29, 1.82) is 0 Å². The van der Waals surface area contributed by atoms with Gasteiger partial charge in [0.05, 0.1) is 5.69 Å². The number of anilines is 1. The van der Waals surface area contributed by atoms with Crippen LogP contribution in [0.5, 0.6) is 5.75 Å². The van der Waals surface area contributed by atoms with Crippen molar-refractivity contribution in [3.8, 4) is 5.75 Å². The van der Waals surface area contributed by atoms with Crippen LogP contribution in [0.4, 0.5) is 5.69 Å². The number of imide groups is 1. The molecule has 0 radical (unpaired) electrons. The molecule has 98 valence electrons. The van der Waals surface area contributed by atoms with Crippen molar-refractivity contribution in [3.63, 3.8) is 0 Å². The number of rotatable bonds is 2. The molecule has 2 amide bonds. The quantitative estimate of drug-likeness (QED) is 0.477. The highest BCUT2D eigenvalue weighted by molar-refractivity contribution is 6.62. The van der Waals surface area contributed by atoms with Gasteiger partial charge in [-0.05, 0) is 12.1 Å². The fourth-order valence-electron chi connectivity index (χ4n) is 1.56. The number of carbonyl (C=O) groups is 3. The molecular weight excluding hydrogens is 293 g/mol. The van der Waals surface area contributed by atoms with Gasteiger partial charge in [-0.15, -0.1) is 0 Å². The minimum Gasteiger partial charge on any atom is -0.427 e. The fraction of sp³-hybridized carbons (Fsp3) is 0.0833. The average Bonchev–Trinajstić information content (AvgIpc) is 2.53. The van der Waals surface area contributed by atoms with Crippen molar-refractivity contribution < 1.29 is 19.1 Å². The molecule has 0 aliphatic carbocycles. The molecule has 1 aromatic carbocycles. The zero-order chi connectivity index (χ0) is 14.2. The molecule has 2 rings (SSSR count). The topological polar surface area (TPSA) is 63.7 Å². The summed E-state index contributed by atoms with van der Waals surface area (Å²) in [5, 5.41) is -0.658. The average molecular weight is 300 g/mol. The van der Waals surface area contributed by atoms with Gasteiger partial charge in [0.15, 0.2) is 0 Å². The minimum atomic E-state index is -0.711. The van der Waals surface area contributed by atoms with E-state index >= 15 is 0 Å². The molecule has 5 nitrogen and oxygen atoms in total. The van der Waals surface area contributed by atoms with Crippen LogP contribution < -0.4 is 9.64 Å². The van der Waals surface area contributed by atoms with E-state index in [1.165, 1.54) is 31.2 Å². The van der Waals surface area contributed by atoms with E-state index in [-0.39, 0.29) is 21.5 Å². The number of benzene rings is 1. The van der Waals surface area contributed by atoms with E-state index in [1.807, 2.05) is 0 Å². The first-order valence-corrected chi connectivity index (χ1v) is 5.90. The van der Waals surface area contributed by atoms with Crippen molar-refractivity contribution in [2.45, 2.75) is 6.92 Å². The second-order valence-electron chi connectivity index (χ2n) is 3.66. The number of amides is 2. The first kappa shape index (κ1) is 13.6. The molecule has 0 N–H and O–H groups in total. The minimum absolute atomic E-state index is 0.213. The summed E-state index contributed by atoms with van der Waals surface area (Å²) < 4.78 is 4.87. The van der Waals surface area contributed by atoms with E-state index in [2.05, 4.69) is 0 Å². The summed E-state index contributed by atoms with van der Waals surface area (Å²) in [6.07, 6.45) is 0. The Morgan fingerprint density at radius 2 is 1.74 bits per heavy atom. The number of halogens is 2. The summed E-state index contributed by atoms with van der Waals surface area (Å²) in [6.45, 7) is 1.24. The number of hydrogen-bond donors (Lipinski definition) is 0. The van der Waals surface area contributed by atoms with E-state index in [9.17, 15) is 14.4 Å². The zero-order valence-corrected chi connectivity index (χ0v) is 11.2. The SMILES string of the molecule is CC(=O)Oc1cccc(N2C(=O)C(Cl)=C(Cl)C2=O)c1. The summed E-state index contributed by atoms with van der Waals surface area (Å²) in [5.41, 5.74) is 0.225. The van der Waals surface area contributed by atoms with Crippen LogP contribution in [0.15, 0.2) is 34.3 Å². The van der Waals surface area contributed by atoms with Gasteiger partial charge in [0.2, 0.25) is 0 Å². The van der Waals surface area contributed by atoms with Crippen LogP contribution in [0, 0.1) is 0 Å². The van der Waals surface area contributed by atoms with E-state index in [0.717, 1.165) is 4.90 Å². The summed E-state index contributed by atoms with van der Waals surface area (Å²) in [7, 11) is 0. The van der Waals surface area contributed by atoms with Gasteiger partial charge in [0, 0.05) is 13.0 Å². The highest BCUT2D eigenvalue weighted by Crippen LogP contribution is 2.32. The van der Waals surface area contributed by atoms with Gasteiger partial charge < -0.3 is 4.74 Å². The van der Waals surface area contributed by atoms with Crippen LogP contribution in [0.2, 0.25) is 0 Å². The van der Waals surface area contributed by atoms with Crippen molar-refractivity contribution >= 4 is 46.7 Å². The fourth-order valence-corrected chi connectivity index (χ4v) is 1.89. The molecule has 0 saturated carbocycles. The summed E-state index contributed by atoms with van der Waals surface area (Å²) in [4.78, 5) is 35.2. The normalized spacial score (nSPS) is 15.2. The maximum absolute atomic E-state index is 11.8. The molecule has 1 aromatic rings. The smallest absolute Gasteiger partial charge is 0.308 e. The lowest BCUT2D eigenvalue weighted by atomic mass is 10.2. The van der Waals surface area contributed by atoms with Gasteiger partial charge >= 0.3 is 5.97 Å². The van der Waals surface area contributed by atoms with Crippen molar-refractivity contribution in [3.05, 3.63) is 34.3 Å². The zero-order valence-electron chi connectivity index (χ0n) is 9.65. The maximum atomic E-state index is 11.8. The van der Waals surface area contributed by atoms with Crippen LogP contribution in [0.3, 0.4) is 0 Å². The van der Waals surface area contributed by atoms with E-state index in [0.29, 0.717) is 0 Å². The Morgan fingerprint density at radius 3 is 2.26 bits per heavy atom. The number of hydrogen-bond acceptors (Lipinski definition) is 4. The molecule has 1 aliphatic rings. The van der Waals surface area contributed by atoms with Crippen LogP contribution >= 0.6 is 23.2 Å². The largest absolute Gasteiger partial charge is 0.427 e. The van der Waals surface area contributed by atoms with E-state index in [1.54, 1.807) is 0 Å². The molecule has 1 aliphatic heterocycles. The Kier molecular flexibility index (Phi) is 3.59. The molecule has 0 saturated heterocycles. The first-order valence-electron chi connectivity index (χ1n) is 5.14. The molecule has 0 fully saturated rings. The van der Waals surface area contributed by atoms with Crippen LogP contribution in [0.25, 0.3) is 0 Å². The molecule has 7 heteroatoms. The van der Waals surface area contributed by atoms with Gasteiger partial charge in [-0.2, -0.15) is 0 Å². The van der Waals surface area contributed by atoms with Gasteiger partial charge in [-0.1, -0.05) is 29.3 Å².